The molecule has 0 aliphatic rings. The van der Waals surface area contributed by atoms with Crippen molar-refractivity contribution in [2.75, 3.05) is 9.80 Å². The van der Waals surface area contributed by atoms with Crippen molar-refractivity contribution in [3.05, 3.63) is 215 Å². The normalized spacial score (nSPS) is 11.5. The molecule has 10 aromatic carbocycles. The van der Waals surface area contributed by atoms with Crippen LogP contribution >= 0.6 is 0 Å². The van der Waals surface area contributed by atoms with Crippen molar-refractivity contribution in [2.45, 2.75) is 27.7 Å². The molecule has 62 heavy (non-hydrogen) atoms. The van der Waals surface area contributed by atoms with E-state index in [1.54, 1.807) is 0 Å². The van der Waals surface area contributed by atoms with Crippen molar-refractivity contribution in [2.24, 2.45) is 0 Å². The zero-order valence-corrected chi connectivity index (χ0v) is 34.6. The number of hydrogen-bond donors (Lipinski definition) is 0. The van der Waals surface area contributed by atoms with Gasteiger partial charge in [-0.25, -0.2) is 17.6 Å². The summed E-state index contributed by atoms with van der Waals surface area (Å²) in [5.74, 6) is -2.74. The zero-order valence-electron chi connectivity index (χ0n) is 34.6. The van der Waals surface area contributed by atoms with E-state index in [1.807, 2.05) is 159 Å². The van der Waals surface area contributed by atoms with Gasteiger partial charge < -0.3 is 9.80 Å². The van der Waals surface area contributed by atoms with Gasteiger partial charge >= 0.3 is 0 Å². The van der Waals surface area contributed by atoms with Gasteiger partial charge in [-0.05, 0) is 109 Å². The van der Waals surface area contributed by atoms with Crippen LogP contribution in [-0.4, -0.2) is 0 Å². The van der Waals surface area contributed by atoms with Gasteiger partial charge in [-0.3, -0.25) is 0 Å². The Morgan fingerprint density at radius 3 is 1.08 bits per heavy atom. The van der Waals surface area contributed by atoms with E-state index < -0.39 is 23.3 Å². The topological polar surface area (TPSA) is 6.48 Å². The van der Waals surface area contributed by atoms with E-state index in [9.17, 15) is 0 Å². The standard InChI is InChI=1S/C56H40F4N2/c1-33-23-34(2)26-39(25-33)47-29-41(57)31-49(59)55(47)61(43-11-7-5-8-12-43)51-21-17-37-16-20-46-52(22-18-38-15-19-45(51)53(37)54(38)46)62(44-13-9-6-10-14-44)56-48(30-42(58)32-50(56)60)40-27-35(3)24-36(4)28-40/h5-32H,1-4H3. The second-order valence-electron chi connectivity index (χ2n) is 16.3. The van der Waals surface area contributed by atoms with E-state index in [0.717, 1.165) is 66.7 Å². The van der Waals surface area contributed by atoms with E-state index in [1.165, 1.54) is 12.1 Å². The molecule has 0 aliphatic heterocycles. The predicted molar refractivity (Wildman–Crippen MR) is 249 cm³/mol. The van der Waals surface area contributed by atoms with Crippen LogP contribution in [0.2, 0.25) is 0 Å². The lowest BCUT2D eigenvalue weighted by molar-refractivity contribution is 0.584. The first-order valence-electron chi connectivity index (χ1n) is 20.6. The van der Waals surface area contributed by atoms with Crippen molar-refractivity contribution in [3.63, 3.8) is 0 Å². The molecule has 0 aliphatic carbocycles. The van der Waals surface area contributed by atoms with Crippen LogP contribution in [0, 0.1) is 51.0 Å². The van der Waals surface area contributed by atoms with E-state index >= 15 is 17.6 Å². The first-order chi connectivity index (χ1) is 30.0. The number of aryl methyl sites for hydroxylation is 4. The third-order valence-corrected chi connectivity index (χ3v) is 11.7. The molecule has 10 aromatic rings. The minimum Gasteiger partial charge on any atom is -0.307 e. The number of nitrogens with zero attached hydrogens (tertiary/aromatic N) is 2. The minimum absolute atomic E-state index is 0.222. The molecule has 0 N–H and O–H groups in total. The van der Waals surface area contributed by atoms with Crippen LogP contribution in [0.3, 0.4) is 0 Å². The highest BCUT2D eigenvalue weighted by Crippen LogP contribution is 2.51. The molecular formula is C56H40F4N2. The van der Waals surface area contributed by atoms with Crippen molar-refractivity contribution in [1.29, 1.82) is 0 Å². The van der Waals surface area contributed by atoms with Crippen LogP contribution in [0.5, 0.6) is 0 Å². The van der Waals surface area contributed by atoms with Gasteiger partial charge in [0.25, 0.3) is 0 Å². The number of halogens is 4. The van der Waals surface area contributed by atoms with Gasteiger partial charge in [-0.1, -0.05) is 131 Å². The summed E-state index contributed by atoms with van der Waals surface area (Å²) < 4.78 is 64.3. The van der Waals surface area contributed by atoms with Gasteiger partial charge in [-0.2, -0.15) is 0 Å². The maximum absolute atomic E-state index is 16.8. The molecule has 0 amide bonds. The Hall–Kier alpha value is -7.44. The Morgan fingerprint density at radius 2 is 0.710 bits per heavy atom. The Kier molecular flexibility index (Phi) is 9.52. The summed E-state index contributed by atoms with van der Waals surface area (Å²) in [5, 5.41) is 5.45. The van der Waals surface area contributed by atoms with Crippen molar-refractivity contribution < 1.29 is 17.6 Å². The molecule has 0 atom stereocenters. The second-order valence-corrected chi connectivity index (χ2v) is 16.3. The molecule has 0 heterocycles. The number of anilines is 6. The first-order valence-corrected chi connectivity index (χ1v) is 20.6. The van der Waals surface area contributed by atoms with Gasteiger partial charge in [0.15, 0.2) is 11.6 Å². The van der Waals surface area contributed by atoms with Crippen molar-refractivity contribution in [3.8, 4) is 22.3 Å². The molecule has 302 valence electrons. The summed E-state index contributed by atoms with van der Waals surface area (Å²) in [4.78, 5) is 3.77. The molecule has 0 saturated heterocycles. The molecule has 2 nitrogen and oxygen atoms in total. The number of para-hydroxylation sites is 2. The Balaban J connectivity index is 1.26. The summed E-state index contributed by atoms with van der Waals surface area (Å²) in [7, 11) is 0. The second kappa shape index (κ2) is 15.2. The Morgan fingerprint density at radius 1 is 0.355 bits per heavy atom. The molecule has 0 saturated carbocycles. The summed E-state index contributed by atoms with van der Waals surface area (Å²) in [6, 6.07) is 52.0. The van der Waals surface area contributed by atoms with Gasteiger partial charge in [0, 0.05) is 45.4 Å². The highest BCUT2D eigenvalue weighted by Gasteiger charge is 2.28. The lowest BCUT2D eigenvalue weighted by Crippen LogP contribution is -2.15. The highest BCUT2D eigenvalue weighted by atomic mass is 19.1. The fraction of sp³-hybridized carbons (Fsp3) is 0.0714. The largest absolute Gasteiger partial charge is 0.307 e. The van der Waals surface area contributed by atoms with E-state index in [2.05, 4.69) is 24.3 Å². The summed E-state index contributed by atoms with van der Waals surface area (Å²) in [5.41, 5.74) is 9.39. The van der Waals surface area contributed by atoms with Gasteiger partial charge in [0.2, 0.25) is 0 Å². The zero-order chi connectivity index (χ0) is 42.8. The van der Waals surface area contributed by atoms with Gasteiger partial charge in [0.1, 0.15) is 11.6 Å². The number of rotatable bonds is 8. The first kappa shape index (κ1) is 38.7. The van der Waals surface area contributed by atoms with Gasteiger partial charge in [-0.15, -0.1) is 0 Å². The predicted octanol–water partition coefficient (Wildman–Crippen LogP) is 16.6. The van der Waals surface area contributed by atoms with Crippen LogP contribution in [0.4, 0.5) is 51.7 Å². The SMILES string of the molecule is Cc1cc(C)cc(-c2cc(F)cc(F)c2N(c2ccccc2)c2ccc3ccc4c(N(c5ccccc5)c5c(F)cc(F)cc5-c5cc(C)cc(C)c5)ccc5ccc2c3c54)c1. The average Bonchev–Trinajstić information content (AvgIpc) is 3.25. The maximum Gasteiger partial charge on any atom is 0.150 e. The Bertz CT molecular complexity index is 3080. The molecule has 0 spiro atoms. The van der Waals surface area contributed by atoms with Gasteiger partial charge in [0.05, 0.1) is 22.7 Å². The molecule has 0 aromatic heterocycles. The van der Waals surface area contributed by atoms with E-state index in [-0.39, 0.29) is 11.4 Å². The number of benzene rings is 10. The smallest absolute Gasteiger partial charge is 0.150 e. The summed E-state index contributed by atoms with van der Waals surface area (Å²) in [6.07, 6.45) is 0. The monoisotopic (exact) mass is 816 g/mol. The van der Waals surface area contributed by atoms with Crippen LogP contribution in [0.1, 0.15) is 22.3 Å². The molecule has 0 radical (unpaired) electrons. The lowest BCUT2D eigenvalue weighted by Gasteiger charge is -2.31. The van der Waals surface area contributed by atoms with Crippen molar-refractivity contribution >= 4 is 66.4 Å². The Labute approximate surface area is 357 Å². The molecule has 0 fully saturated rings. The molecule has 0 unspecified atom stereocenters. The third kappa shape index (κ3) is 6.69. The van der Waals surface area contributed by atoms with E-state index in [0.29, 0.717) is 45.0 Å². The maximum atomic E-state index is 16.8. The summed E-state index contributed by atoms with van der Waals surface area (Å²) >= 11 is 0. The number of hydrogen-bond acceptors (Lipinski definition) is 2. The van der Waals surface area contributed by atoms with Crippen LogP contribution in [0.25, 0.3) is 54.6 Å². The van der Waals surface area contributed by atoms with Crippen LogP contribution < -0.4 is 9.80 Å². The molecule has 10 rings (SSSR count). The van der Waals surface area contributed by atoms with Crippen LogP contribution in [-0.2, 0) is 0 Å². The average molecular weight is 817 g/mol. The molecular weight excluding hydrogens is 777 g/mol. The fourth-order valence-electron chi connectivity index (χ4n) is 9.38. The molecule has 0 bridgehead atoms. The minimum atomic E-state index is -0.699. The van der Waals surface area contributed by atoms with E-state index in [4.69, 9.17) is 0 Å². The fourth-order valence-corrected chi connectivity index (χ4v) is 9.38. The highest BCUT2D eigenvalue weighted by molar-refractivity contribution is 6.28. The summed E-state index contributed by atoms with van der Waals surface area (Å²) in [6.45, 7) is 7.90. The quantitative estimate of drug-likeness (QED) is 0.111. The third-order valence-electron chi connectivity index (χ3n) is 11.7. The van der Waals surface area contributed by atoms with Crippen molar-refractivity contribution in [1.82, 2.24) is 0 Å². The molecule has 6 heteroatoms. The lowest BCUT2D eigenvalue weighted by atomic mass is 9.91. The van der Waals surface area contributed by atoms with Crippen LogP contribution in [0.15, 0.2) is 170 Å².